The van der Waals surface area contributed by atoms with Crippen molar-refractivity contribution in [2.45, 2.75) is 182 Å². The fourth-order valence-corrected chi connectivity index (χ4v) is 9.39. The Morgan fingerprint density at radius 2 is 1.32 bits per heavy atom. The largest absolute Gasteiger partial charge is 0.550 e. The number of pyridine rings is 1. The van der Waals surface area contributed by atoms with Crippen molar-refractivity contribution >= 4 is 29.7 Å². The van der Waals surface area contributed by atoms with E-state index >= 15 is 0 Å². The van der Waals surface area contributed by atoms with Crippen LogP contribution in [0.4, 0.5) is 0 Å². The standard InChI is InChI=1S/C50H86N4O8/c1-7-9-10-11-19-25-30-54(5,6)31-33-62-49(59)39(3)34-43(35-42-36-44(52-40(4)55)38-45(42)46(48(57)58)37-41(8-2)47(51)56)50(60)61-32-26-20-17-15-13-12-14-16-18-22-27-53-28-23-21-24-29-53/h21,23-24,28-29,39,41-46H,7-20,22,25-27,30-38H2,1-6H3,(H2-2,51,52,55,56,57,58)/p+1. The summed E-state index contributed by atoms with van der Waals surface area (Å²) in [7, 11) is 4.31. The van der Waals surface area contributed by atoms with Gasteiger partial charge in [0, 0.05) is 49.3 Å². The SMILES string of the molecule is CCCCCCCC[N+](C)(C)CCOC(=O)C(C)CC(CC1CC(NC(C)=O)CC1C(CC(CC)C(N)=O)C(=O)[O-])C(=O)OCCCCCCCCCCCC[n+]1ccccc1. The summed E-state index contributed by atoms with van der Waals surface area (Å²) in [6.45, 7) is 10.5. The fourth-order valence-electron chi connectivity index (χ4n) is 9.39. The molecule has 7 atom stereocenters. The fraction of sp³-hybridized carbons (Fsp3) is 0.800. The van der Waals surface area contributed by atoms with Crippen LogP contribution in [0, 0.1) is 35.5 Å². The molecule has 0 bridgehead atoms. The Morgan fingerprint density at radius 1 is 0.742 bits per heavy atom. The number of carbonyl (C=O) groups excluding carboxylic acids is 5. The lowest BCUT2D eigenvalue weighted by atomic mass is 9.74. The van der Waals surface area contributed by atoms with E-state index in [0.717, 1.165) is 49.7 Å². The van der Waals surface area contributed by atoms with Crippen LogP contribution in [-0.2, 0) is 40.0 Å². The number of amides is 2. The van der Waals surface area contributed by atoms with Crippen LogP contribution in [0.25, 0.3) is 0 Å². The van der Waals surface area contributed by atoms with Gasteiger partial charge in [-0.1, -0.05) is 97.5 Å². The minimum absolute atomic E-state index is 0.0294. The molecule has 354 valence electrons. The van der Waals surface area contributed by atoms with E-state index in [2.05, 4.69) is 55.4 Å². The zero-order chi connectivity index (χ0) is 45.8. The van der Waals surface area contributed by atoms with Gasteiger partial charge in [-0.25, -0.2) is 4.57 Å². The number of aryl methyl sites for hydroxylation is 1. The number of carboxylic acid groups (broad SMARTS) is 1. The van der Waals surface area contributed by atoms with Gasteiger partial charge in [0.1, 0.15) is 19.7 Å². The van der Waals surface area contributed by atoms with Crippen LogP contribution in [0.2, 0.25) is 0 Å². The molecular formula is C50H87N4O8+. The Hall–Kier alpha value is -3.54. The smallest absolute Gasteiger partial charge is 0.308 e. The lowest BCUT2D eigenvalue weighted by Crippen LogP contribution is -2.43. The van der Waals surface area contributed by atoms with Crippen LogP contribution in [0.15, 0.2) is 30.6 Å². The highest BCUT2D eigenvalue weighted by molar-refractivity contribution is 5.78. The first-order valence-corrected chi connectivity index (χ1v) is 24.5. The number of carbonyl (C=O) groups is 5. The average Bonchev–Trinajstić information content (AvgIpc) is 3.61. The van der Waals surface area contributed by atoms with Gasteiger partial charge in [-0.3, -0.25) is 19.2 Å². The third-order valence-corrected chi connectivity index (χ3v) is 13.3. The molecule has 0 aliphatic heterocycles. The summed E-state index contributed by atoms with van der Waals surface area (Å²) in [6.07, 6.45) is 24.6. The number of quaternary nitrogens is 1. The molecule has 0 saturated heterocycles. The maximum atomic E-state index is 13.9. The highest BCUT2D eigenvalue weighted by atomic mass is 16.5. The number of ether oxygens (including phenoxy) is 2. The molecule has 1 aromatic rings. The molecule has 1 heterocycles. The van der Waals surface area contributed by atoms with Gasteiger partial charge in [0.2, 0.25) is 11.8 Å². The summed E-state index contributed by atoms with van der Waals surface area (Å²) >= 11 is 0. The first kappa shape index (κ1) is 54.6. The molecule has 2 amide bonds. The van der Waals surface area contributed by atoms with Gasteiger partial charge in [-0.15, -0.1) is 0 Å². The summed E-state index contributed by atoms with van der Waals surface area (Å²) in [5.74, 6) is -6.51. The second-order valence-electron chi connectivity index (χ2n) is 19.2. The van der Waals surface area contributed by atoms with Crippen molar-refractivity contribution < 1.29 is 47.6 Å². The van der Waals surface area contributed by atoms with Crippen molar-refractivity contribution in [1.29, 1.82) is 0 Å². The van der Waals surface area contributed by atoms with Crippen LogP contribution in [-0.4, -0.2) is 80.6 Å². The first-order valence-electron chi connectivity index (χ1n) is 24.5. The molecule has 0 radical (unpaired) electrons. The quantitative estimate of drug-likeness (QED) is 0.0308. The Kier molecular flexibility index (Phi) is 27.6. The van der Waals surface area contributed by atoms with E-state index in [1.807, 2.05) is 6.07 Å². The molecule has 1 aliphatic rings. The van der Waals surface area contributed by atoms with Gasteiger partial charge in [0.25, 0.3) is 0 Å². The molecule has 12 nitrogen and oxygen atoms in total. The number of rotatable bonds is 36. The second kappa shape index (κ2) is 31.3. The molecule has 7 unspecified atom stereocenters. The highest BCUT2D eigenvalue weighted by Crippen LogP contribution is 2.44. The van der Waals surface area contributed by atoms with Crippen LogP contribution < -0.4 is 20.7 Å². The zero-order valence-corrected chi connectivity index (χ0v) is 39.8. The third-order valence-electron chi connectivity index (χ3n) is 13.3. The number of hydrogen-bond donors (Lipinski definition) is 2. The number of unbranched alkanes of at least 4 members (excludes halogenated alkanes) is 14. The van der Waals surface area contributed by atoms with E-state index in [-0.39, 0.29) is 56.3 Å². The normalized spacial score (nSPS) is 18.4. The second-order valence-corrected chi connectivity index (χ2v) is 19.2. The van der Waals surface area contributed by atoms with Crippen LogP contribution in [0.1, 0.15) is 169 Å². The van der Waals surface area contributed by atoms with Crippen molar-refractivity contribution in [3.05, 3.63) is 30.6 Å². The van der Waals surface area contributed by atoms with Gasteiger partial charge in [0.15, 0.2) is 12.4 Å². The van der Waals surface area contributed by atoms with Gasteiger partial charge in [-0.2, -0.15) is 0 Å². The molecule has 12 heteroatoms. The minimum atomic E-state index is -1.27. The van der Waals surface area contributed by atoms with Crippen LogP contribution in [0.3, 0.4) is 0 Å². The number of primary amides is 1. The van der Waals surface area contributed by atoms with Crippen molar-refractivity contribution in [1.82, 2.24) is 5.32 Å². The summed E-state index contributed by atoms with van der Waals surface area (Å²) in [4.78, 5) is 64.4. The summed E-state index contributed by atoms with van der Waals surface area (Å²) in [5.41, 5.74) is 5.64. The van der Waals surface area contributed by atoms with E-state index in [4.69, 9.17) is 15.2 Å². The number of nitrogens with two attached hydrogens (primary N) is 1. The van der Waals surface area contributed by atoms with Gasteiger partial charge in [0.05, 0.1) is 39.1 Å². The van der Waals surface area contributed by atoms with Gasteiger partial charge in [-0.05, 0) is 76.0 Å². The summed E-state index contributed by atoms with van der Waals surface area (Å²) in [5, 5.41) is 15.6. The predicted molar refractivity (Wildman–Crippen MR) is 242 cm³/mol. The number of likely N-dealkylation sites (N-methyl/N-ethyl adjacent to an activating group) is 1. The number of carboxylic acids is 1. The van der Waals surface area contributed by atoms with Crippen molar-refractivity contribution in [2.75, 3.05) is 40.4 Å². The summed E-state index contributed by atoms with van der Waals surface area (Å²) in [6, 6.07) is 5.88. The summed E-state index contributed by atoms with van der Waals surface area (Å²) < 4.78 is 14.7. The maximum absolute atomic E-state index is 13.9. The average molecular weight is 872 g/mol. The van der Waals surface area contributed by atoms with E-state index in [9.17, 15) is 29.1 Å². The Balaban J connectivity index is 2.00. The van der Waals surface area contributed by atoms with E-state index < -0.39 is 47.4 Å². The zero-order valence-electron chi connectivity index (χ0n) is 39.8. The maximum Gasteiger partial charge on any atom is 0.308 e. The number of nitrogens with one attached hydrogen (secondary N) is 1. The third kappa shape index (κ3) is 23.2. The van der Waals surface area contributed by atoms with E-state index in [1.54, 1.807) is 13.8 Å². The molecule has 1 fully saturated rings. The number of aliphatic carboxylic acids is 1. The van der Waals surface area contributed by atoms with Crippen LogP contribution >= 0.6 is 0 Å². The molecule has 62 heavy (non-hydrogen) atoms. The molecule has 1 aliphatic carbocycles. The first-order chi connectivity index (χ1) is 29.7. The molecular weight excluding hydrogens is 785 g/mol. The van der Waals surface area contributed by atoms with Crippen LogP contribution in [0.5, 0.6) is 0 Å². The molecule has 1 aromatic heterocycles. The number of esters is 2. The molecule has 1 saturated carbocycles. The van der Waals surface area contributed by atoms with Crippen molar-refractivity contribution in [3.8, 4) is 0 Å². The topological polar surface area (TPSA) is 169 Å². The predicted octanol–water partition coefficient (Wildman–Crippen LogP) is 7.23. The van der Waals surface area contributed by atoms with Crippen molar-refractivity contribution in [2.24, 2.45) is 41.2 Å². The highest BCUT2D eigenvalue weighted by Gasteiger charge is 2.43. The molecule has 0 spiro atoms. The molecule has 0 aromatic carbocycles. The molecule has 3 N–H and O–H groups in total. The lowest BCUT2D eigenvalue weighted by Gasteiger charge is -2.33. The Bertz CT molecular complexity index is 1420. The number of hydrogen-bond acceptors (Lipinski definition) is 8. The molecule has 2 rings (SSSR count). The Labute approximate surface area is 375 Å². The van der Waals surface area contributed by atoms with Gasteiger partial charge < -0.3 is 34.9 Å². The number of nitrogens with zero attached hydrogens (tertiary/aromatic N) is 2. The Morgan fingerprint density at radius 3 is 1.90 bits per heavy atom. The monoisotopic (exact) mass is 872 g/mol. The number of aromatic nitrogens is 1. The van der Waals surface area contributed by atoms with E-state index in [1.165, 1.54) is 77.6 Å². The van der Waals surface area contributed by atoms with Crippen molar-refractivity contribution in [3.63, 3.8) is 0 Å². The van der Waals surface area contributed by atoms with E-state index in [0.29, 0.717) is 25.8 Å². The lowest BCUT2D eigenvalue weighted by molar-refractivity contribution is -0.890. The van der Waals surface area contributed by atoms with Gasteiger partial charge >= 0.3 is 11.9 Å². The minimum Gasteiger partial charge on any atom is -0.550 e.